The molecule has 1 aromatic heterocycles. The first kappa shape index (κ1) is 24.1. The number of halogens is 2. The van der Waals surface area contributed by atoms with Crippen molar-refractivity contribution in [1.29, 1.82) is 0 Å². The molecule has 2 aromatic carbocycles. The highest BCUT2D eigenvalue weighted by molar-refractivity contribution is 6.32. The fourth-order valence-electron chi connectivity index (χ4n) is 3.03. The van der Waals surface area contributed by atoms with E-state index >= 15 is 0 Å². The zero-order valence-electron chi connectivity index (χ0n) is 18.7. The summed E-state index contributed by atoms with van der Waals surface area (Å²) >= 11 is 12.5. The summed E-state index contributed by atoms with van der Waals surface area (Å²) in [4.78, 5) is 13.0. The second-order valence-electron chi connectivity index (χ2n) is 7.87. The van der Waals surface area contributed by atoms with Crippen molar-refractivity contribution in [3.05, 3.63) is 69.8 Å². The number of nitrogens with one attached hydrogen (secondary N) is 2. The first-order valence-electron chi connectivity index (χ1n) is 10.6. The Balaban J connectivity index is 2.17. The van der Waals surface area contributed by atoms with Gasteiger partial charge in [0.2, 0.25) is 5.88 Å². The molecule has 0 aliphatic rings. The molecule has 0 aliphatic carbocycles. The molecule has 170 valence electrons. The molecular weight excluding hydrogens is 447 g/mol. The molecule has 0 radical (unpaired) electrons. The second kappa shape index (κ2) is 10.9. The SMILES string of the molecule is CCC(C)NCc1c(C(=O)NC(C)C)nn(-c2ccccc2Cl)c1Oc1ccc(Cl)cc1. The zero-order valence-corrected chi connectivity index (χ0v) is 20.2. The molecular formula is C24H28Cl2N4O2. The van der Waals surface area contributed by atoms with E-state index < -0.39 is 0 Å². The lowest BCUT2D eigenvalue weighted by Gasteiger charge is -2.15. The lowest BCUT2D eigenvalue weighted by Crippen LogP contribution is -2.32. The Bertz CT molecular complexity index is 1060. The van der Waals surface area contributed by atoms with Crippen molar-refractivity contribution in [2.45, 2.75) is 52.7 Å². The molecule has 3 aromatic rings. The van der Waals surface area contributed by atoms with Crippen LogP contribution in [0, 0.1) is 0 Å². The normalized spacial score (nSPS) is 12.1. The number of hydrogen-bond acceptors (Lipinski definition) is 4. The molecule has 1 unspecified atom stereocenters. The van der Waals surface area contributed by atoms with Crippen LogP contribution in [0.3, 0.4) is 0 Å². The fraction of sp³-hybridized carbons (Fsp3) is 0.333. The highest BCUT2D eigenvalue weighted by Crippen LogP contribution is 2.33. The highest BCUT2D eigenvalue weighted by atomic mass is 35.5. The lowest BCUT2D eigenvalue weighted by atomic mass is 10.2. The monoisotopic (exact) mass is 474 g/mol. The number of para-hydroxylation sites is 1. The van der Waals surface area contributed by atoms with Crippen LogP contribution in [0.1, 0.15) is 50.2 Å². The molecule has 0 bridgehead atoms. The van der Waals surface area contributed by atoms with Crippen molar-refractivity contribution in [2.24, 2.45) is 0 Å². The van der Waals surface area contributed by atoms with Gasteiger partial charge < -0.3 is 15.4 Å². The average molecular weight is 475 g/mol. The Morgan fingerprint density at radius 2 is 1.78 bits per heavy atom. The summed E-state index contributed by atoms with van der Waals surface area (Å²) < 4.78 is 7.85. The topological polar surface area (TPSA) is 68.2 Å². The minimum Gasteiger partial charge on any atom is -0.439 e. The molecule has 0 saturated heterocycles. The number of aromatic nitrogens is 2. The van der Waals surface area contributed by atoms with Crippen molar-refractivity contribution in [1.82, 2.24) is 20.4 Å². The van der Waals surface area contributed by atoms with Crippen LogP contribution < -0.4 is 15.4 Å². The molecule has 6 nitrogen and oxygen atoms in total. The molecule has 0 fully saturated rings. The third-order valence-corrected chi connectivity index (χ3v) is 5.49. The molecule has 0 spiro atoms. The molecule has 3 rings (SSSR count). The molecule has 0 saturated carbocycles. The fourth-order valence-corrected chi connectivity index (χ4v) is 3.38. The summed E-state index contributed by atoms with van der Waals surface area (Å²) in [5.41, 5.74) is 1.56. The summed E-state index contributed by atoms with van der Waals surface area (Å²) in [5.74, 6) is 0.723. The van der Waals surface area contributed by atoms with Crippen LogP contribution >= 0.6 is 23.2 Å². The predicted octanol–water partition coefficient (Wildman–Crippen LogP) is 6.00. The number of ether oxygens (including phenoxy) is 1. The maximum Gasteiger partial charge on any atom is 0.272 e. The summed E-state index contributed by atoms with van der Waals surface area (Å²) in [6.07, 6.45) is 0.944. The molecule has 1 heterocycles. The highest BCUT2D eigenvalue weighted by Gasteiger charge is 2.27. The van der Waals surface area contributed by atoms with Gasteiger partial charge >= 0.3 is 0 Å². The van der Waals surface area contributed by atoms with Gasteiger partial charge in [-0.3, -0.25) is 4.79 Å². The van der Waals surface area contributed by atoms with Gasteiger partial charge in [0.15, 0.2) is 5.69 Å². The van der Waals surface area contributed by atoms with Gasteiger partial charge in [0, 0.05) is 23.7 Å². The van der Waals surface area contributed by atoms with Gasteiger partial charge in [0.05, 0.1) is 16.3 Å². The molecule has 32 heavy (non-hydrogen) atoms. The lowest BCUT2D eigenvalue weighted by molar-refractivity contribution is 0.0936. The maximum absolute atomic E-state index is 13.0. The first-order chi connectivity index (χ1) is 15.3. The van der Waals surface area contributed by atoms with Crippen molar-refractivity contribution in [3.63, 3.8) is 0 Å². The Morgan fingerprint density at radius 3 is 2.41 bits per heavy atom. The first-order valence-corrected chi connectivity index (χ1v) is 11.4. The summed E-state index contributed by atoms with van der Waals surface area (Å²) in [7, 11) is 0. The average Bonchev–Trinajstić information content (AvgIpc) is 3.11. The van der Waals surface area contributed by atoms with E-state index in [4.69, 9.17) is 27.9 Å². The smallest absolute Gasteiger partial charge is 0.272 e. The Kier molecular flexibility index (Phi) is 8.18. The van der Waals surface area contributed by atoms with Crippen LogP contribution in [0.2, 0.25) is 10.0 Å². The largest absolute Gasteiger partial charge is 0.439 e. The predicted molar refractivity (Wildman–Crippen MR) is 129 cm³/mol. The summed E-state index contributed by atoms with van der Waals surface area (Å²) in [5, 5.41) is 12.1. The Hall–Kier alpha value is -2.54. The van der Waals surface area contributed by atoms with Crippen molar-refractivity contribution >= 4 is 29.1 Å². The van der Waals surface area contributed by atoms with E-state index in [-0.39, 0.29) is 18.0 Å². The van der Waals surface area contributed by atoms with Crippen LogP contribution in [0.15, 0.2) is 48.5 Å². The van der Waals surface area contributed by atoms with Crippen molar-refractivity contribution < 1.29 is 9.53 Å². The van der Waals surface area contributed by atoms with E-state index in [9.17, 15) is 4.79 Å². The molecule has 2 N–H and O–H groups in total. The summed E-state index contributed by atoms with van der Waals surface area (Å²) in [6, 6.07) is 14.6. The van der Waals surface area contributed by atoms with E-state index in [0.717, 1.165) is 6.42 Å². The van der Waals surface area contributed by atoms with E-state index in [1.165, 1.54) is 0 Å². The molecule has 8 heteroatoms. The Labute approximate surface area is 198 Å². The Morgan fingerprint density at radius 1 is 1.09 bits per heavy atom. The number of amides is 1. The second-order valence-corrected chi connectivity index (χ2v) is 8.71. The molecule has 1 amide bonds. The molecule has 0 aliphatic heterocycles. The van der Waals surface area contributed by atoms with Gasteiger partial charge in [-0.05, 0) is 63.6 Å². The van der Waals surface area contributed by atoms with Crippen molar-refractivity contribution in [3.8, 4) is 17.3 Å². The molecule has 1 atom stereocenters. The zero-order chi connectivity index (χ0) is 23.3. The van der Waals surface area contributed by atoms with Gasteiger partial charge in [-0.2, -0.15) is 9.78 Å². The number of nitrogens with zero attached hydrogens (tertiary/aromatic N) is 2. The van der Waals surface area contributed by atoms with Gasteiger partial charge in [0.1, 0.15) is 5.75 Å². The van der Waals surface area contributed by atoms with Crippen LogP contribution in [0.25, 0.3) is 5.69 Å². The van der Waals surface area contributed by atoms with E-state index in [0.29, 0.717) is 45.2 Å². The van der Waals surface area contributed by atoms with E-state index in [1.807, 2.05) is 32.0 Å². The van der Waals surface area contributed by atoms with Gasteiger partial charge in [0.25, 0.3) is 5.91 Å². The number of rotatable bonds is 9. The number of carbonyl (C=O) groups excluding carboxylic acids is 1. The van der Waals surface area contributed by atoms with Crippen LogP contribution in [0.4, 0.5) is 0 Å². The van der Waals surface area contributed by atoms with Crippen LogP contribution in [-0.4, -0.2) is 27.8 Å². The number of carbonyl (C=O) groups is 1. The maximum atomic E-state index is 13.0. The van der Waals surface area contributed by atoms with Gasteiger partial charge in [-0.1, -0.05) is 42.3 Å². The minimum atomic E-state index is -0.271. The third-order valence-electron chi connectivity index (χ3n) is 4.92. The standard InChI is InChI=1S/C24H28Cl2N4O2/c1-5-16(4)27-14-19-22(23(31)28-15(2)3)29-30(21-9-7-6-8-20(21)26)24(19)32-18-12-10-17(25)11-13-18/h6-13,15-16,27H,5,14H2,1-4H3,(H,28,31). The summed E-state index contributed by atoms with van der Waals surface area (Å²) in [6.45, 7) is 8.41. The van der Waals surface area contributed by atoms with E-state index in [2.05, 4.69) is 29.6 Å². The quantitative estimate of drug-likeness (QED) is 0.399. The van der Waals surface area contributed by atoms with Gasteiger partial charge in [-0.15, -0.1) is 0 Å². The third kappa shape index (κ3) is 5.82. The van der Waals surface area contributed by atoms with E-state index in [1.54, 1.807) is 35.0 Å². The van der Waals surface area contributed by atoms with Crippen LogP contribution in [0.5, 0.6) is 11.6 Å². The number of hydrogen-bond donors (Lipinski definition) is 2. The minimum absolute atomic E-state index is 0.0380. The number of benzene rings is 2. The van der Waals surface area contributed by atoms with Crippen molar-refractivity contribution in [2.75, 3.05) is 0 Å². The van der Waals surface area contributed by atoms with Gasteiger partial charge in [-0.25, -0.2) is 0 Å². The van der Waals surface area contributed by atoms with Crippen LogP contribution in [-0.2, 0) is 6.54 Å².